The van der Waals surface area contributed by atoms with Crippen LogP contribution in [0, 0.1) is 5.92 Å². The molecule has 2 heterocycles. The van der Waals surface area contributed by atoms with E-state index < -0.39 is 11.7 Å². The quantitative estimate of drug-likeness (QED) is 0.784. The molecule has 1 aromatic rings. The number of nitrogens with zero attached hydrogens (tertiary/aromatic N) is 2. The summed E-state index contributed by atoms with van der Waals surface area (Å²) in [7, 11) is 0. The number of amides is 1. The zero-order chi connectivity index (χ0) is 13.3. The predicted molar refractivity (Wildman–Crippen MR) is 63.5 cm³/mol. The molecule has 1 saturated heterocycles. The van der Waals surface area contributed by atoms with Crippen molar-refractivity contribution in [2.45, 2.75) is 12.6 Å². The SMILES string of the molecule is O=C1CC(CBr)CN1c1cc(C(F)(F)F)ccn1. The average molecular weight is 323 g/mol. The van der Waals surface area contributed by atoms with Gasteiger partial charge >= 0.3 is 6.18 Å². The van der Waals surface area contributed by atoms with Gasteiger partial charge in [0.25, 0.3) is 0 Å². The zero-order valence-electron chi connectivity index (χ0n) is 9.25. The fourth-order valence-electron chi connectivity index (χ4n) is 1.85. The molecule has 98 valence electrons. The minimum absolute atomic E-state index is 0.0678. The monoisotopic (exact) mass is 322 g/mol. The van der Waals surface area contributed by atoms with Gasteiger partial charge in [0.15, 0.2) is 0 Å². The molecule has 3 nitrogen and oxygen atoms in total. The fraction of sp³-hybridized carbons (Fsp3) is 0.455. The highest BCUT2D eigenvalue weighted by Crippen LogP contribution is 2.32. The van der Waals surface area contributed by atoms with Crippen LogP contribution in [0.1, 0.15) is 12.0 Å². The Kier molecular flexibility index (Phi) is 3.61. The van der Waals surface area contributed by atoms with Gasteiger partial charge in [-0.25, -0.2) is 4.98 Å². The van der Waals surface area contributed by atoms with Crippen molar-refractivity contribution in [1.29, 1.82) is 0 Å². The largest absolute Gasteiger partial charge is 0.416 e. The van der Waals surface area contributed by atoms with Crippen LogP contribution >= 0.6 is 15.9 Å². The third kappa shape index (κ3) is 2.66. The standard InChI is InChI=1S/C11H10BrF3N2O/c12-5-7-3-10(18)17(6-7)9-4-8(1-2-16-9)11(13,14)15/h1-2,4,7H,3,5-6H2. The Hall–Kier alpha value is -1.11. The second-order valence-corrected chi connectivity index (χ2v) is 4.78. The minimum atomic E-state index is -4.42. The number of carbonyl (C=O) groups is 1. The van der Waals surface area contributed by atoms with Gasteiger partial charge in [-0.15, -0.1) is 0 Å². The first-order chi connectivity index (χ1) is 8.41. The van der Waals surface area contributed by atoms with Gasteiger partial charge in [-0.2, -0.15) is 13.2 Å². The molecule has 7 heteroatoms. The molecule has 1 atom stereocenters. The number of rotatable bonds is 2. The lowest BCUT2D eigenvalue weighted by Crippen LogP contribution is -2.26. The van der Waals surface area contributed by atoms with Gasteiger partial charge < -0.3 is 0 Å². The Morgan fingerprint density at radius 1 is 1.50 bits per heavy atom. The summed E-state index contributed by atoms with van der Waals surface area (Å²) in [5, 5.41) is 0.647. The molecular weight excluding hydrogens is 313 g/mol. The topological polar surface area (TPSA) is 33.2 Å². The molecule has 1 aromatic heterocycles. The van der Waals surface area contributed by atoms with Crippen LogP contribution in [0.5, 0.6) is 0 Å². The van der Waals surface area contributed by atoms with E-state index in [4.69, 9.17) is 0 Å². The van der Waals surface area contributed by atoms with Crippen LogP contribution in [0.15, 0.2) is 18.3 Å². The summed E-state index contributed by atoms with van der Waals surface area (Å²) in [5.41, 5.74) is -0.789. The molecule has 2 rings (SSSR count). The molecule has 0 aromatic carbocycles. The van der Waals surface area contributed by atoms with Gasteiger partial charge in [-0.1, -0.05) is 15.9 Å². The van der Waals surface area contributed by atoms with E-state index >= 15 is 0 Å². The van der Waals surface area contributed by atoms with Gasteiger partial charge in [-0.05, 0) is 18.1 Å². The van der Waals surface area contributed by atoms with Crippen LogP contribution in [0.4, 0.5) is 19.0 Å². The molecule has 0 bridgehead atoms. The van der Waals surface area contributed by atoms with Crippen LogP contribution in [-0.4, -0.2) is 22.8 Å². The van der Waals surface area contributed by atoms with E-state index in [1.807, 2.05) is 0 Å². The first-order valence-corrected chi connectivity index (χ1v) is 6.43. The fourth-order valence-corrected chi connectivity index (χ4v) is 2.28. The number of hydrogen-bond donors (Lipinski definition) is 0. The molecule has 1 fully saturated rings. The minimum Gasteiger partial charge on any atom is -0.296 e. The van der Waals surface area contributed by atoms with Crippen molar-refractivity contribution in [3.05, 3.63) is 23.9 Å². The highest BCUT2D eigenvalue weighted by Gasteiger charge is 2.34. The van der Waals surface area contributed by atoms with Gasteiger partial charge in [0.05, 0.1) is 5.56 Å². The van der Waals surface area contributed by atoms with Gasteiger partial charge in [0.1, 0.15) is 5.82 Å². The van der Waals surface area contributed by atoms with Crippen LogP contribution in [0.2, 0.25) is 0 Å². The number of hydrogen-bond acceptors (Lipinski definition) is 2. The Morgan fingerprint density at radius 2 is 2.22 bits per heavy atom. The summed E-state index contributed by atoms with van der Waals surface area (Å²) < 4.78 is 37.7. The van der Waals surface area contributed by atoms with E-state index in [0.717, 1.165) is 18.3 Å². The van der Waals surface area contributed by atoms with Crippen LogP contribution in [-0.2, 0) is 11.0 Å². The summed E-state index contributed by atoms with van der Waals surface area (Å²) in [6.07, 6.45) is -3.01. The Bertz CT molecular complexity index is 464. The predicted octanol–water partition coefficient (Wildman–Crippen LogP) is 2.85. The van der Waals surface area contributed by atoms with Crippen molar-refractivity contribution < 1.29 is 18.0 Å². The van der Waals surface area contributed by atoms with E-state index in [0.29, 0.717) is 18.3 Å². The van der Waals surface area contributed by atoms with Gasteiger partial charge in [0.2, 0.25) is 5.91 Å². The van der Waals surface area contributed by atoms with Crippen molar-refractivity contribution in [2.24, 2.45) is 5.92 Å². The second kappa shape index (κ2) is 4.87. The number of aromatic nitrogens is 1. The summed E-state index contributed by atoms with van der Waals surface area (Å²) in [5.74, 6) is -0.00149. The Labute approximate surface area is 110 Å². The number of halogens is 4. The molecule has 1 aliphatic rings. The molecule has 1 amide bonds. The molecule has 0 radical (unpaired) electrons. The first kappa shape index (κ1) is 13.3. The Morgan fingerprint density at radius 3 is 2.78 bits per heavy atom. The second-order valence-electron chi connectivity index (χ2n) is 4.13. The molecular formula is C11H10BrF3N2O. The molecule has 0 aliphatic carbocycles. The highest BCUT2D eigenvalue weighted by molar-refractivity contribution is 9.09. The number of pyridine rings is 1. The zero-order valence-corrected chi connectivity index (χ0v) is 10.8. The van der Waals surface area contributed by atoms with Crippen LogP contribution in [0.3, 0.4) is 0 Å². The smallest absolute Gasteiger partial charge is 0.296 e. The highest BCUT2D eigenvalue weighted by atomic mass is 79.9. The van der Waals surface area contributed by atoms with Crippen molar-refractivity contribution >= 4 is 27.7 Å². The summed E-state index contributed by atoms with van der Waals surface area (Å²) >= 11 is 3.27. The lowest BCUT2D eigenvalue weighted by molar-refractivity contribution is -0.137. The third-order valence-electron chi connectivity index (χ3n) is 2.77. The maximum Gasteiger partial charge on any atom is 0.416 e. The maximum atomic E-state index is 12.6. The number of alkyl halides is 4. The normalized spacial score (nSPS) is 20.6. The van der Waals surface area contributed by atoms with E-state index in [9.17, 15) is 18.0 Å². The molecule has 0 N–H and O–H groups in total. The van der Waals surface area contributed by atoms with E-state index in [1.54, 1.807) is 0 Å². The van der Waals surface area contributed by atoms with Crippen molar-refractivity contribution in [3.8, 4) is 0 Å². The van der Waals surface area contributed by atoms with E-state index in [-0.39, 0.29) is 17.6 Å². The number of carbonyl (C=O) groups excluding carboxylic acids is 1. The molecule has 0 saturated carbocycles. The molecule has 1 aliphatic heterocycles. The lowest BCUT2D eigenvalue weighted by Gasteiger charge is -2.16. The summed E-state index contributed by atoms with van der Waals surface area (Å²) in [4.78, 5) is 16.8. The molecule has 1 unspecified atom stereocenters. The van der Waals surface area contributed by atoms with Crippen molar-refractivity contribution in [2.75, 3.05) is 16.8 Å². The van der Waals surface area contributed by atoms with E-state index in [2.05, 4.69) is 20.9 Å². The summed E-state index contributed by atoms with van der Waals surface area (Å²) in [6, 6.07) is 1.81. The maximum absolute atomic E-state index is 12.6. The van der Waals surface area contributed by atoms with Crippen molar-refractivity contribution in [1.82, 2.24) is 4.98 Å². The van der Waals surface area contributed by atoms with Gasteiger partial charge in [-0.3, -0.25) is 9.69 Å². The lowest BCUT2D eigenvalue weighted by atomic mass is 10.2. The average Bonchev–Trinajstić information content (AvgIpc) is 2.70. The Balaban J connectivity index is 2.27. The summed E-state index contributed by atoms with van der Waals surface area (Å²) in [6.45, 7) is 0.401. The first-order valence-electron chi connectivity index (χ1n) is 5.31. The third-order valence-corrected chi connectivity index (χ3v) is 3.69. The van der Waals surface area contributed by atoms with Crippen LogP contribution < -0.4 is 4.90 Å². The van der Waals surface area contributed by atoms with Gasteiger partial charge in [0, 0.05) is 24.5 Å². The van der Waals surface area contributed by atoms with Crippen molar-refractivity contribution in [3.63, 3.8) is 0 Å². The molecule has 18 heavy (non-hydrogen) atoms. The van der Waals surface area contributed by atoms with Crippen LogP contribution in [0.25, 0.3) is 0 Å². The van der Waals surface area contributed by atoms with E-state index in [1.165, 1.54) is 4.90 Å². The number of anilines is 1. The molecule has 0 spiro atoms.